The van der Waals surface area contributed by atoms with Crippen LogP contribution < -0.4 is 0 Å². The average Bonchev–Trinajstić information content (AvgIpc) is 3.33. The third kappa shape index (κ3) is 3.97. The summed E-state index contributed by atoms with van der Waals surface area (Å²) >= 11 is 0. The smallest absolute Gasteiger partial charge is 0.245 e. The van der Waals surface area contributed by atoms with Crippen molar-refractivity contribution in [1.82, 2.24) is 24.2 Å². The molecule has 5 heterocycles. The second kappa shape index (κ2) is 9.12. The number of rotatable bonds is 5. The van der Waals surface area contributed by atoms with Gasteiger partial charge in [-0.3, -0.25) is 14.8 Å². The first-order valence-electron chi connectivity index (χ1n) is 11.9. The summed E-state index contributed by atoms with van der Waals surface area (Å²) in [5.41, 5.74) is 3.52. The number of para-hydroxylation sites is 1. The summed E-state index contributed by atoms with van der Waals surface area (Å²) in [4.78, 5) is 27.1. The molecule has 2 saturated heterocycles. The number of carbonyl (C=O) groups excluding carboxylic acids is 1. The van der Waals surface area contributed by atoms with E-state index in [2.05, 4.69) is 15.0 Å². The summed E-state index contributed by atoms with van der Waals surface area (Å²) in [6.07, 6.45) is 3.54. The first kappa shape index (κ1) is 22.8. The number of pyridine rings is 2. The highest BCUT2D eigenvalue weighted by molar-refractivity contribution is 7.89. The molecule has 2 fully saturated rings. The van der Waals surface area contributed by atoms with Gasteiger partial charge in [-0.25, -0.2) is 8.42 Å². The number of sulfonamides is 1. The van der Waals surface area contributed by atoms with Gasteiger partial charge in [-0.05, 0) is 36.8 Å². The van der Waals surface area contributed by atoms with E-state index < -0.39 is 16.1 Å². The maximum Gasteiger partial charge on any atom is 0.245 e. The fourth-order valence-corrected chi connectivity index (χ4v) is 6.35. The third-order valence-electron chi connectivity index (χ3n) is 6.78. The van der Waals surface area contributed by atoms with Gasteiger partial charge in [0.25, 0.3) is 0 Å². The van der Waals surface area contributed by atoms with E-state index in [0.29, 0.717) is 56.2 Å². The summed E-state index contributed by atoms with van der Waals surface area (Å²) in [7, 11) is -3.94. The molecule has 0 radical (unpaired) electrons. The highest BCUT2D eigenvalue weighted by Crippen LogP contribution is 2.35. The third-order valence-corrected chi connectivity index (χ3v) is 8.65. The Hall–Kier alpha value is -3.60. The highest BCUT2D eigenvalue weighted by Gasteiger charge is 2.44. The van der Waals surface area contributed by atoms with Crippen molar-refractivity contribution in [2.45, 2.75) is 17.4 Å². The quantitative estimate of drug-likeness (QED) is 0.449. The molecule has 3 aromatic heterocycles. The van der Waals surface area contributed by atoms with Gasteiger partial charge in [0.1, 0.15) is 10.9 Å². The Morgan fingerprint density at radius 2 is 1.81 bits per heavy atom. The molecule has 36 heavy (non-hydrogen) atoms. The lowest BCUT2D eigenvalue weighted by Gasteiger charge is -2.41. The number of H-pyrrole nitrogens is 1. The summed E-state index contributed by atoms with van der Waals surface area (Å²) in [5, 5.41) is 1.01. The van der Waals surface area contributed by atoms with Crippen LogP contribution in [0.1, 0.15) is 6.42 Å². The molecule has 4 aromatic rings. The fourth-order valence-electron chi connectivity index (χ4n) is 4.75. The zero-order valence-electron chi connectivity index (χ0n) is 19.5. The molecule has 0 aliphatic carbocycles. The number of hydrogen-bond donors (Lipinski definition) is 1. The van der Waals surface area contributed by atoms with Crippen molar-refractivity contribution in [3.8, 4) is 22.6 Å². The van der Waals surface area contributed by atoms with E-state index in [0.717, 1.165) is 16.6 Å². The largest absolute Gasteiger partial charge is 0.378 e. The zero-order chi connectivity index (χ0) is 24.7. The van der Waals surface area contributed by atoms with Crippen LogP contribution >= 0.6 is 0 Å². The predicted octanol–water partition coefficient (Wildman–Crippen LogP) is 2.91. The maximum absolute atomic E-state index is 13.7. The first-order valence-corrected chi connectivity index (χ1v) is 13.3. The minimum atomic E-state index is -3.94. The van der Waals surface area contributed by atoms with Gasteiger partial charge in [-0.15, -0.1) is 0 Å². The van der Waals surface area contributed by atoms with Gasteiger partial charge < -0.3 is 14.6 Å². The van der Waals surface area contributed by atoms with Crippen LogP contribution in [0.2, 0.25) is 0 Å². The molecule has 10 heteroatoms. The molecule has 2 aliphatic rings. The van der Waals surface area contributed by atoms with Gasteiger partial charge in [0.05, 0.1) is 24.6 Å². The molecule has 1 aromatic carbocycles. The van der Waals surface area contributed by atoms with Gasteiger partial charge in [0.15, 0.2) is 0 Å². The topological polar surface area (TPSA) is 108 Å². The molecular formula is C26H25N5O4S. The van der Waals surface area contributed by atoms with E-state index in [1.165, 1.54) is 10.5 Å². The van der Waals surface area contributed by atoms with Crippen LogP contribution in [0.25, 0.3) is 33.5 Å². The molecule has 0 spiro atoms. The molecule has 1 atom stereocenters. The van der Waals surface area contributed by atoms with Gasteiger partial charge in [0, 0.05) is 54.2 Å². The number of aromatic nitrogens is 3. The molecule has 0 unspecified atom stereocenters. The Labute approximate surface area is 208 Å². The van der Waals surface area contributed by atoms with Crippen molar-refractivity contribution < 1.29 is 17.9 Å². The van der Waals surface area contributed by atoms with E-state index in [1.54, 1.807) is 17.2 Å². The monoisotopic (exact) mass is 503 g/mol. The normalized spacial score (nSPS) is 18.8. The zero-order valence-corrected chi connectivity index (χ0v) is 20.3. The van der Waals surface area contributed by atoms with E-state index in [9.17, 15) is 13.2 Å². The van der Waals surface area contributed by atoms with Gasteiger partial charge in [0.2, 0.25) is 15.9 Å². The van der Waals surface area contributed by atoms with Gasteiger partial charge in [-0.2, -0.15) is 4.31 Å². The Bertz CT molecular complexity index is 1500. The number of carbonyl (C=O) groups is 1. The van der Waals surface area contributed by atoms with Crippen LogP contribution in [-0.4, -0.2) is 77.4 Å². The Morgan fingerprint density at radius 3 is 2.53 bits per heavy atom. The predicted molar refractivity (Wildman–Crippen MR) is 134 cm³/mol. The molecule has 184 valence electrons. The van der Waals surface area contributed by atoms with E-state index in [1.807, 2.05) is 48.5 Å². The SMILES string of the molecule is O=C([C@@H]1CCN1S(=O)(=O)c1cnc(-c2ccccn2)c(-c2cc3ccccc3[nH]2)c1)N1CCOCC1. The molecule has 0 bridgehead atoms. The Kier molecular flexibility index (Phi) is 5.79. The van der Waals surface area contributed by atoms with Crippen molar-refractivity contribution in [3.63, 3.8) is 0 Å². The minimum absolute atomic E-state index is 0.0512. The highest BCUT2D eigenvalue weighted by atomic mass is 32.2. The number of nitrogens with one attached hydrogen (secondary N) is 1. The lowest BCUT2D eigenvalue weighted by Crippen LogP contribution is -2.60. The van der Waals surface area contributed by atoms with Crippen LogP contribution in [0, 0.1) is 0 Å². The fraction of sp³-hybridized carbons (Fsp3) is 0.269. The number of aromatic amines is 1. The van der Waals surface area contributed by atoms with Crippen LogP contribution in [0.4, 0.5) is 0 Å². The van der Waals surface area contributed by atoms with Gasteiger partial charge >= 0.3 is 0 Å². The minimum Gasteiger partial charge on any atom is -0.378 e. The summed E-state index contributed by atoms with van der Waals surface area (Å²) in [6.45, 7) is 2.20. The van der Waals surface area contributed by atoms with Crippen LogP contribution in [0.5, 0.6) is 0 Å². The number of ether oxygens (including phenoxy) is 1. The van der Waals surface area contributed by atoms with Gasteiger partial charge in [-0.1, -0.05) is 24.3 Å². The number of benzene rings is 1. The first-order chi connectivity index (χ1) is 17.5. The maximum atomic E-state index is 13.7. The number of nitrogens with zero attached hydrogens (tertiary/aromatic N) is 4. The lowest BCUT2D eigenvalue weighted by molar-refractivity contribution is -0.142. The summed E-state index contributed by atoms with van der Waals surface area (Å²) in [5.74, 6) is -0.165. The number of fused-ring (bicyclic) bond motifs is 1. The molecule has 6 rings (SSSR count). The standard InChI is InChI=1S/C26H25N5O4S/c32-26(30-11-13-35-14-12-30)24-8-10-31(24)36(33,34)19-16-20(23-15-18-5-1-2-6-21(18)29-23)25(28-17-19)22-7-3-4-9-27-22/h1-7,9,15-17,24,29H,8,10-14H2/t24-/m0/s1. The molecular weight excluding hydrogens is 478 g/mol. The Morgan fingerprint density at radius 1 is 1.00 bits per heavy atom. The second-order valence-electron chi connectivity index (χ2n) is 8.91. The number of amides is 1. The Balaban J connectivity index is 1.40. The van der Waals surface area contributed by atoms with E-state index in [-0.39, 0.29) is 10.8 Å². The summed E-state index contributed by atoms with van der Waals surface area (Å²) in [6, 6.07) is 16.3. The van der Waals surface area contributed by atoms with Crippen LogP contribution in [0.15, 0.2) is 71.9 Å². The number of hydrogen-bond acceptors (Lipinski definition) is 6. The van der Waals surface area contributed by atoms with Crippen molar-refractivity contribution >= 4 is 26.8 Å². The van der Waals surface area contributed by atoms with E-state index >= 15 is 0 Å². The summed E-state index contributed by atoms with van der Waals surface area (Å²) < 4.78 is 34.0. The molecule has 1 amide bonds. The molecule has 9 nitrogen and oxygen atoms in total. The molecule has 2 aliphatic heterocycles. The average molecular weight is 504 g/mol. The van der Waals surface area contributed by atoms with E-state index in [4.69, 9.17) is 4.74 Å². The van der Waals surface area contributed by atoms with Crippen molar-refractivity contribution in [3.05, 3.63) is 67.0 Å². The van der Waals surface area contributed by atoms with Crippen LogP contribution in [0.3, 0.4) is 0 Å². The second-order valence-corrected chi connectivity index (χ2v) is 10.8. The van der Waals surface area contributed by atoms with Crippen molar-refractivity contribution in [2.24, 2.45) is 0 Å². The molecule has 1 N–H and O–H groups in total. The molecule has 0 saturated carbocycles. The lowest BCUT2D eigenvalue weighted by atomic mass is 10.1. The van der Waals surface area contributed by atoms with Crippen molar-refractivity contribution in [1.29, 1.82) is 0 Å². The van der Waals surface area contributed by atoms with Crippen LogP contribution in [-0.2, 0) is 19.6 Å². The number of morpholine rings is 1. The van der Waals surface area contributed by atoms with Crippen molar-refractivity contribution in [2.75, 3.05) is 32.8 Å².